The Labute approximate surface area is 407 Å². The van der Waals surface area contributed by atoms with Gasteiger partial charge in [0.1, 0.15) is 11.7 Å². The van der Waals surface area contributed by atoms with Gasteiger partial charge in [0.15, 0.2) is 23.1 Å². The van der Waals surface area contributed by atoms with Gasteiger partial charge in [0.2, 0.25) is 0 Å². The predicted octanol–water partition coefficient (Wildman–Crippen LogP) is 16.2. The van der Waals surface area contributed by atoms with Gasteiger partial charge < -0.3 is 13.6 Å². The molecule has 0 aliphatic heterocycles. The molecule has 330 valence electrons. The van der Waals surface area contributed by atoms with E-state index in [1.54, 1.807) is 0 Å². The average Bonchev–Trinajstić information content (AvgIpc) is 4.11. The molecule has 7 heteroatoms. The van der Waals surface area contributed by atoms with Crippen LogP contribution in [0.15, 0.2) is 235 Å². The van der Waals surface area contributed by atoms with E-state index in [1.807, 2.05) is 91.0 Å². The molecule has 0 aliphatic carbocycles. The zero-order valence-corrected chi connectivity index (χ0v) is 38.0. The molecule has 71 heavy (non-hydrogen) atoms. The number of benzene rings is 10. The van der Waals surface area contributed by atoms with Crippen LogP contribution in [0.3, 0.4) is 0 Å². The van der Waals surface area contributed by atoms with Crippen molar-refractivity contribution in [2.45, 2.75) is 0 Å². The second-order valence-corrected chi connectivity index (χ2v) is 17.9. The third-order valence-electron chi connectivity index (χ3n) is 13.8. The first-order valence-electron chi connectivity index (χ1n) is 23.7. The molecule has 0 fully saturated rings. The monoisotopic (exact) mass is 906 g/mol. The summed E-state index contributed by atoms with van der Waals surface area (Å²) in [5.41, 5.74) is 14.7. The summed E-state index contributed by atoms with van der Waals surface area (Å²) >= 11 is 0. The molecule has 0 radical (unpaired) electrons. The van der Waals surface area contributed by atoms with E-state index in [1.165, 1.54) is 0 Å². The molecule has 0 saturated heterocycles. The van der Waals surface area contributed by atoms with Gasteiger partial charge in [-0.25, -0.2) is 15.0 Å². The molecule has 4 aromatic heterocycles. The Morgan fingerprint density at radius 2 is 0.873 bits per heavy atom. The van der Waals surface area contributed by atoms with Crippen molar-refractivity contribution < 1.29 is 4.42 Å². The number of para-hydroxylation sites is 4. The molecule has 0 spiro atoms. The van der Waals surface area contributed by atoms with Gasteiger partial charge in [-0.2, -0.15) is 5.26 Å². The van der Waals surface area contributed by atoms with Gasteiger partial charge in [-0.05, 0) is 82.9 Å². The first-order chi connectivity index (χ1) is 35.2. The molecule has 10 aromatic carbocycles. The Bertz CT molecular complexity index is 4380. The van der Waals surface area contributed by atoms with Crippen LogP contribution in [0.2, 0.25) is 0 Å². The average molecular weight is 907 g/mol. The number of hydrogen-bond donors (Lipinski definition) is 0. The van der Waals surface area contributed by atoms with Crippen molar-refractivity contribution in [2.75, 3.05) is 0 Å². The van der Waals surface area contributed by atoms with Crippen molar-refractivity contribution in [1.82, 2.24) is 24.1 Å². The zero-order chi connectivity index (χ0) is 47.0. The van der Waals surface area contributed by atoms with E-state index in [4.69, 9.17) is 19.4 Å². The molecule has 4 heterocycles. The van der Waals surface area contributed by atoms with Gasteiger partial charge in [0.05, 0.1) is 39.0 Å². The minimum absolute atomic E-state index is 0.468. The van der Waals surface area contributed by atoms with Gasteiger partial charge in [-0.15, -0.1) is 0 Å². The third-order valence-corrected chi connectivity index (χ3v) is 13.8. The SMILES string of the molecule is N#Cc1cc(-c2nc(-c3cccc(-c4ccccc4)c3)nc(-c3cccc(-c4ccccc4)c3)n2)ccc1-n1c2ccccc2c2ccc3c(c4ccccc4n3-c3cccc4c3oc3ccccc34)c21. The largest absolute Gasteiger partial charge is 0.454 e. The molecule has 0 amide bonds. The Balaban J connectivity index is 0.979. The first-order valence-corrected chi connectivity index (χ1v) is 23.7. The highest BCUT2D eigenvalue weighted by atomic mass is 16.3. The minimum atomic E-state index is 0.468. The minimum Gasteiger partial charge on any atom is -0.454 e. The number of hydrogen-bond acceptors (Lipinski definition) is 5. The second kappa shape index (κ2) is 16.1. The molecule has 0 atom stereocenters. The molecule has 7 nitrogen and oxygen atoms in total. The molecular formula is C64H38N6O. The lowest BCUT2D eigenvalue weighted by atomic mass is 10.0. The van der Waals surface area contributed by atoms with Crippen molar-refractivity contribution in [1.29, 1.82) is 5.26 Å². The van der Waals surface area contributed by atoms with Crippen molar-refractivity contribution in [2.24, 2.45) is 0 Å². The van der Waals surface area contributed by atoms with Crippen LogP contribution in [0, 0.1) is 11.3 Å². The molecule has 0 saturated carbocycles. The van der Waals surface area contributed by atoms with Gasteiger partial charge in [-0.3, -0.25) is 0 Å². The summed E-state index contributed by atoms with van der Waals surface area (Å²) in [5.74, 6) is 1.54. The number of nitriles is 1. The van der Waals surface area contributed by atoms with Crippen LogP contribution < -0.4 is 0 Å². The zero-order valence-electron chi connectivity index (χ0n) is 38.0. The lowest BCUT2D eigenvalue weighted by Gasteiger charge is -2.14. The normalized spacial score (nSPS) is 11.6. The molecule has 14 aromatic rings. The summed E-state index contributed by atoms with van der Waals surface area (Å²) in [6.07, 6.45) is 0. The van der Waals surface area contributed by atoms with Crippen LogP contribution >= 0.6 is 0 Å². The van der Waals surface area contributed by atoms with E-state index >= 15 is 0 Å². The lowest BCUT2D eigenvalue weighted by molar-refractivity contribution is 0.666. The van der Waals surface area contributed by atoms with Crippen LogP contribution in [0.5, 0.6) is 0 Å². The van der Waals surface area contributed by atoms with E-state index in [0.29, 0.717) is 28.6 Å². The Kier molecular flexibility index (Phi) is 9.13. The van der Waals surface area contributed by atoms with Crippen LogP contribution in [0.25, 0.3) is 133 Å². The molecule has 0 N–H and O–H groups in total. The highest BCUT2D eigenvalue weighted by Gasteiger charge is 2.24. The summed E-state index contributed by atoms with van der Waals surface area (Å²) in [6, 6.07) is 81.9. The molecule has 0 aliphatic rings. The van der Waals surface area contributed by atoms with Crippen LogP contribution in [0.1, 0.15) is 5.56 Å². The third kappa shape index (κ3) is 6.47. The maximum absolute atomic E-state index is 11.2. The lowest BCUT2D eigenvalue weighted by Crippen LogP contribution is -2.02. The fourth-order valence-corrected chi connectivity index (χ4v) is 10.6. The van der Waals surface area contributed by atoms with Gasteiger partial charge in [-0.1, -0.05) is 170 Å². The molecular weight excluding hydrogens is 869 g/mol. The van der Waals surface area contributed by atoms with E-state index in [2.05, 4.69) is 155 Å². The fourth-order valence-electron chi connectivity index (χ4n) is 10.6. The number of fused-ring (bicyclic) bond motifs is 10. The molecule has 0 bridgehead atoms. The summed E-state index contributed by atoms with van der Waals surface area (Å²) in [4.78, 5) is 15.5. The van der Waals surface area contributed by atoms with Crippen molar-refractivity contribution in [3.05, 3.63) is 236 Å². The maximum atomic E-state index is 11.2. The number of aromatic nitrogens is 5. The molecule has 0 unspecified atom stereocenters. The highest BCUT2D eigenvalue weighted by Crippen LogP contribution is 2.44. The number of nitrogens with zero attached hydrogens (tertiary/aromatic N) is 6. The van der Waals surface area contributed by atoms with Gasteiger partial charge in [0.25, 0.3) is 0 Å². The smallest absolute Gasteiger partial charge is 0.164 e. The van der Waals surface area contributed by atoms with E-state index in [9.17, 15) is 5.26 Å². The van der Waals surface area contributed by atoms with Gasteiger partial charge in [0, 0.05) is 49.0 Å². The van der Waals surface area contributed by atoms with Crippen LogP contribution in [0.4, 0.5) is 0 Å². The first kappa shape index (κ1) is 40.2. The van der Waals surface area contributed by atoms with Crippen molar-refractivity contribution in [3.63, 3.8) is 0 Å². The van der Waals surface area contributed by atoms with Crippen LogP contribution in [-0.2, 0) is 0 Å². The summed E-state index contributed by atoms with van der Waals surface area (Å²) in [7, 11) is 0. The van der Waals surface area contributed by atoms with E-state index < -0.39 is 0 Å². The molecule has 14 rings (SSSR count). The predicted molar refractivity (Wildman–Crippen MR) is 288 cm³/mol. The summed E-state index contributed by atoms with van der Waals surface area (Å²) < 4.78 is 11.2. The fraction of sp³-hybridized carbons (Fsp3) is 0. The quantitative estimate of drug-likeness (QED) is 0.159. The maximum Gasteiger partial charge on any atom is 0.164 e. The number of rotatable bonds is 7. The Morgan fingerprint density at radius 1 is 0.352 bits per heavy atom. The van der Waals surface area contributed by atoms with Gasteiger partial charge >= 0.3 is 0 Å². The Morgan fingerprint density at radius 3 is 1.54 bits per heavy atom. The summed E-state index contributed by atoms with van der Waals surface area (Å²) in [6.45, 7) is 0. The van der Waals surface area contributed by atoms with Crippen molar-refractivity contribution in [3.8, 4) is 73.9 Å². The standard InChI is InChI=1S/C64H38N6O/c65-39-47-38-46(64-67-62(44-22-13-20-42(36-44)40-16-3-1-4-17-40)66-63(68-64)45-23-14-21-43(37-45)41-18-5-2-6-19-41)32-34-53(47)70-54-28-10-7-24-48(54)50-33-35-56-59(60(50)70)52-26-8-11-29-55(52)69(56)57-30-15-27-51-49-25-9-12-31-58(49)71-61(51)57/h1-38H. The van der Waals surface area contributed by atoms with Crippen molar-refractivity contribution >= 4 is 65.6 Å². The van der Waals surface area contributed by atoms with E-state index in [0.717, 1.165) is 110 Å². The van der Waals surface area contributed by atoms with Crippen LogP contribution in [-0.4, -0.2) is 24.1 Å². The second-order valence-electron chi connectivity index (χ2n) is 17.9. The topological polar surface area (TPSA) is 85.5 Å². The summed E-state index contributed by atoms with van der Waals surface area (Å²) in [5, 5.41) is 17.8. The van der Waals surface area contributed by atoms with E-state index in [-0.39, 0.29) is 0 Å². The Hall–Kier alpha value is -9.90. The number of furan rings is 1. The highest BCUT2D eigenvalue weighted by molar-refractivity contribution is 6.26.